The molecule has 0 spiro atoms. The fourth-order valence-electron chi connectivity index (χ4n) is 2.96. The van der Waals surface area contributed by atoms with E-state index < -0.39 is 10.0 Å². The Labute approximate surface area is 131 Å². The lowest BCUT2D eigenvalue weighted by Crippen LogP contribution is -2.35. The molecule has 3 rings (SSSR count). The fraction of sp³-hybridized carbons (Fsp3) is 0.438. The standard InChI is InChI=1S/C16H21N3O2S/c1-13(11-19-9-8-17-12-19)18-22(20,21)16-7-6-14-4-2-3-5-15(14)10-16/h6-10,12-13,18H,2-5,11H2,1H3/t13-/m0/s1. The van der Waals surface area contributed by atoms with E-state index in [1.807, 2.05) is 29.8 Å². The Morgan fingerprint density at radius 1 is 1.27 bits per heavy atom. The molecule has 1 aliphatic carbocycles. The number of hydrogen-bond donors (Lipinski definition) is 1. The van der Waals surface area contributed by atoms with Crippen LogP contribution in [0.4, 0.5) is 0 Å². The van der Waals surface area contributed by atoms with Gasteiger partial charge in [-0.3, -0.25) is 0 Å². The van der Waals surface area contributed by atoms with Crippen molar-refractivity contribution in [1.82, 2.24) is 14.3 Å². The molecule has 118 valence electrons. The Morgan fingerprint density at radius 2 is 2.05 bits per heavy atom. The van der Waals surface area contributed by atoms with E-state index in [-0.39, 0.29) is 6.04 Å². The molecule has 0 amide bonds. The van der Waals surface area contributed by atoms with Gasteiger partial charge >= 0.3 is 0 Å². The van der Waals surface area contributed by atoms with Crippen LogP contribution in [0.2, 0.25) is 0 Å². The smallest absolute Gasteiger partial charge is 0.240 e. The molecule has 0 aliphatic heterocycles. The Bertz CT molecular complexity index is 739. The van der Waals surface area contributed by atoms with Crippen LogP contribution in [0.25, 0.3) is 0 Å². The van der Waals surface area contributed by atoms with Crippen LogP contribution in [0, 0.1) is 0 Å². The van der Waals surface area contributed by atoms with Crippen LogP contribution < -0.4 is 4.72 Å². The molecule has 0 saturated carbocycles. The Morgan fingerprint density at radius 3 is 2.77 bits per heavy atom. The quantitative estimate of drug-likeness (QED) is 0.918. The van der Waals surface area contributed by atoms with Crippen molar-refractivity contribution in [2.45, 2.75) is 50.1 Å². The Balaban J connectivity index is 1.74. The predicted octanol–water partition coefficient (Wildman–Crippen LogP) is 2.13. The number of hydrogen-bond acceptors (Lipinski definition) is 3. The highest BCUT2D eigenvalue weighted by molar-refractivity contribution is 7.89. The third-order valence-electron chi connectivity index (χ3n) is 4.03. The van der Waals surface area contributed by atoms with Crippen molar-refractivity contribution in [1.29, 1.82) is 0 Å². The van der Waals surface area contributed by atoms with Gasteiger partial charge in [0.1, 0.15) is 0 Å². The topological polar surface area (TPSA) is 64.0 Å². The van der Waals surface area contributed by atoms with Crippen molar-refractivity contribution in [3.63, 3.8) is 0 Å². The largest absolute Gasteiger partial charge is 0.336 e. The van der Waals surface area contributed by atoms with Gasteiger partial charge in [-0.15, -0.1) is 0 Å². The molecule has 1 aromatic heterocycles. The van der Waals surface area contributed by atoms with Crippen LogP contribution in [0.3, 0.4) is 0 Å². The lowest BCUT2D eigenvalue weighted by atomic mass is 9.92. The van der Waals surface area contributed by atoms with Gasteiger partial charge < -0.3 is 4.57 Å². The maximum absolute atomic E-state index is 12.5. The molecule has 0 radical (unpaired) electrons. The molecule has 1 aromatic carbocycles. The number of nitrogens with zero attached hydrogens (tertiary/aromatic N) is 2. The van der Waals surface area contributed by atoms with E-state index >= 15 is 0 Å². The van der Waals surface area contributed by atoms with Crippen LogP contribution in [0.15, 0.2) is 41.8 Å². The van der Waals surface area contributed by atoms with E-state index in [1.165, 1.54) is 17.5 Å². The molecular formula is C16H21N3O2S. The van der Waals surface area contributed by atoms with E-state index in [0.29, 0.717) is 11.4 Å². The summed E-state index contributed by atoms with van der Waals surface area (Å²) >= 11 is 0. The van der Waals surface area contributed by atoms with Crippen LogP contribution in [-0.2, 0) is 29.4 Å². The van der Waals surface area contributed by atoms with Crippen LogP contribution >= 0.6 is 0 Å². The van der Waals surface area contributed by atoms with Gasteiger partial charge in [0.2, 0.25) is 10.0 Å². The van der Waals surface area contributed by atoms with Gasteiger partial charge in [0.25, 0.3) is 0 Å². The summed E-state index contributed by atoms with van der Waals surface area (Å²) in [6.45, 7) is 2.42. The minimum atomic E-state index is -3.48. The first kappa shape index (κ1) is 15.2. The summed E-state index contributed by atoms with van der Waals surface area (Å²) in [7, 11) is -3.48. The van der Waals surface area contributed by atoms with Crippen molar-refractivity contribution in [3.8, 4) is 0 Å². The fourth-order valence-corrected chi connectivity index (χ4v) is 4.24. The molecule has 22 heavy (non-hydrogen) atoms. The monoisotopic (exact) mass is 319 g/mol. The van der Waals surface area contributed by atoms with Crippen molar-refractivity contribution in [3.05, 3.63) is 48.0 Å². The second-order valence-corrected chi connectivity index (χ2v) is 7.63. The van der Waals surface area contributed by atoms with Crippen molar-refractivity contribution in [2.75, 3.05) is 0 Å². The van der Waals surface area contributed by atoms with Crippen LogP contribution in [0.1, 0.15) is 30.9 Å². The second kappa shape index (κ2) is 6.22. The van der Waals surface area contributed by atoms with Crippen molar-refractivity contribution >= 4 is 10.0 Å². The summed E-state index contributed by atoms with van der Waals surface area (Å²) in [5.41, 5.74) is 2.47. The van der Waals surface area contributed by atoms with Crippen molar-refractivity contribution in [2.24, 2.45) is 0 Å². The average molecular weight is 319 g/mol. The van der Waals surface area contributed by atoms with Gasteiger partial charge in [0.05, 0.1) is 11.2 Å². The van der Waals surface area contributed by atoms with E-state index in [1.54, 1.807) is 18.6 Å². The summed E-state index contributed by atoms with van der Waals surface area (Å²) in [5, 5.41) is 0. The molecule has 0 saturated heterocycles. The number of aromatic nitrogens is 2. The first-order valence-corrected chi connectivity index (χ1v) is 9.13. The number of rotatable bonds is 5. The van der Waals surface area contributed by atoms with Crippen LogP contribution in [-0.4, -0.2) is 24.0 Å². The Kier molecular flexibility index (Phi) is 4.31. The van der Waals surface area contributed by atoms with Gasteiger partial charge in [0, 0.05) is 25.0 Å². The minimum Gasteiger partial charge on any atom is -0.336 e. The minimum absolute atomic E-state index is 0.199. The molecule has 0 fully saturated rings. The number of sulfonamides is 1. The zero-order valence-electron chi connectivity index (χ0n) is 12.7. The highest BCUT2D eigenvalue weighted by Gasteiger charge is 2.20. The molecule has 0 unspecified atom stereocenters. The molecule has 6 heteroatoms. The van der Waals surface area contributed by atoms with E-state index in [9.17, 15) is 8.42 Å². The number of fused-ring (bicyclic) bond motifs is 1. The SMILES string of the molecule is C[C@@H](Cn1ccnc1)NS(=O)(=O)c1ccc2c(c1)CCCC2. The highest BCUT2D eigenvalue weighted by atomic mass is 32.2. The molecule has 0 bridgehead atoms. The maximum atomic E-state index is 12.5. The lowest BCUT2D eigenvalue weighted by molar-refractivity contribution is 0.520. The summed E-state index contributed by atoms with van der Waals surface area (Å²) in [6, 6.07) is 5.32. The molecule has 1 N–H and O–H groups in total. The summed E-state index contributed by atoms with van der Waals surface area (Å²) < 4.78 is 29.6. The molecule has 1 atom stereocenters. The lowest BCUT2D eigenvalue weighted by Gasteiger charge is -2.18. The van der Waals surface area contributed by atoms with E-state index in [4.69, 9.17) is 0 Å². The molecular weight excluding hydrogens is 298 g/mol. The molecule has 1 heterocycles. The normalized spacial score (nSPS) is 16.2. The van der Waals surface area contributed by atoms with E-state index in [0.717, 1.165) is 19.3 Å². The first-order valence-electron chi connectivity index (χ1n) is 7.64. The Hall–Kier alpha value is -1.66. The summed E-state index contributed by atoms with van der Waals surface area (Å²) in [4.78, 5) is 4.33. The van der Waals surface area contributed by atoms with Crippen molar-refractivity contribution < 1.29 is 8.42 Å². The summed E-state index contributed by atoms with van der Waals surface area (Å²) in [5.74, 6) is 0. The van der Waals surface area contributed by atoms with E-state index in [2.05, 4.69) is 9.71 Å². The zero-order valence-corrected chi connectivity index (χ0v) is 13.5. The molecule has 1 aliphatic rings. The third kappa shape index (κ3) is 3.39. The average Bonchev–Trinajstić information content (AvgIpc) is 2.99. The zero-order chi connectivity index (χ0) is 15.6. The molecule has 5 nitrogen and oxygen atoms in total. The number of imidazole rings is 1. The third-order valence-corrected chi connectivity index (χ3v) is 5.62. The van der Waals surface area contributed by atoms with Gasteiger partial charge in [-0.2, -0.15) is 0 Å². The molecule has 2 aromatic rings. The van der Waals surface area contributed by atoms with Gasteiger partial charge in [-0.05, 0) is 55.9 Å². The predicted molar refractivity (Wildman–Crippen MR) is 85.1 cm³/mol. The second-order valence-electron chi connectivity index (χ2n) is 5.92. The number of aryl methyl sites for hydroxylation is 2. The summed E-state index contributed by atoms with van der Waals surface area (Å²) in [6.07, 6.45) is 9.56. The maximum Gasteiger partial charge on any atom is 0.240 e. The highest BCUT2D eigenvalue weighted by Crippen LogP contribution is 2.24. The van der Waals surface area contributed by atoms with Gasteiger partial charge in [-0.25, -0.2) is 18.1 Å². The number of nitrogens with one attached hydrogen (secondary N) is 1. The van der Waals surface area contributed by atoms with Gasteiger partial charge in [0.15, 0.2) is 0 Å². The van der Waals surface area contributed by atoms with Crippen LogP contribution in [0.5, 0.6) is 0 Å². The number of benzene rings is 1. The van der Waals surface area contributed by atoms with Gasteiger partial charge in [-0.1, -0.05) is 6.07 Å². The first-order chi connectivity index (χ1) is 10.5.